The molecule has 1 aliphatic rings. The van der Waals surface area contributed by atoms with Gasteiger partial charge in [-0.05, 0) is 56.1 Å². The predicted octanol–water partition coefficient (Wildman–Crippen LogP) is 4.92. The quantitative estimate of drug-likeness (QED) is 0.496. The minimum atomic E-state index is -0.547. The number of rotatable bonds is 7. The molecule has 2 N–H and O–H groups in total. The fourth-order valence-corrected chi connectivity index (χ4v) is 4.41. The SMILES string of the molecule is CC(=O)c1cccc(NC(=O)C(c2ccccc2)N2CCCC(C(=O)Nc3ccccc3)C2)c1. The van der Waals surface area contributed by atoms with Gasteiger partial charge in [-0.15, -0.1) is 0 Å². The second-order valence-corrected chi connectivity index (χ2v) is 8.63. The number of hydrogen-bond acceptors (Lipinski definition) is 4. The minimum Gasteiger partial charge on any atom is -0.326 e. The molecule has 3 aromatic carbocycles. The first-order chi connectivity index (χ1) is 16.5. The molecule has 2 unspecified atom stereocenters. The Labute approximate surface area is 200 Å². The molecule has 0 bridgehead atoms. The van der Waals surface area contributed by atoms with Crippen LogP contribution in [0.4, 0.5) is 11.4 Å². The van der Waals surface area contributed by atoms with Crippen LogP contribution in [-0.2, 0) is 9.59 Å². The van der Waals surface area contributed by atoms with E-state index in [0.29, 0.717) is 17.8 Å². The molecule has 4 rings (SSSR count). The molecule has 1 fully saturated rings. The highest BCUT2D eigenvalue weighted by Crippen LogP contribution is 2.29. The van der Waals surface area contributed by atoms with E-state index in [2.05, 4.69) is 15.5 Å². The molecule has 2 amide bonds. The van der Waals surface area contributed by atoms with E-state index in [1.807, 2.05) is 60.7 Å². The summed E-state index contributed by atoms with van der Waals surface area (Å²) in [6, 6.07) is 25.4. The lowest BCUT2D eigenvalue weighted by molar-refractivity contribution is -0.126. The van der Waals surface area contributed by atoms with Gasteiger partial charge in [0.15, 0.2) is 5.78 Å². The van der Waals surface area contributed by atoms with Crippen LogP contribution in [0.25, 0.3) is 0 Å². The predicted molar refractivity (Wildman–Crippen MR) is 134 cm³/mol. The number of likely N-dealkylation sites (tertiary alicyclic amines) is 1. The molecule has 3 aromatic rings. The summed E-state index contributed by atoms with van der Waals surface area (Å²) in [6.07, 6.45) is 1.60. The topological polar surface area (TPSA) is 78.5 Å². The molecule has 34 heavy (non-hydrogen) atoms. The maximum atomic E-state index is 13.5. The van der Waals surface area contributed by atoms with E-state index in [1.54, 1.807) is 24.3 Å². The lowest BCUT2D eigenvalue weighted by Crippen LogP contribution is -2.46. The Morgan fingerprint density at radius 1 is 0.853 bits per heavy atom. The zero-order chi connectivity index (χ0) is 23.9. The molecule has 174 valence electrons. The summed E-state index contributed by atoms with van der Waals surface area (Å²) in [7, 11) is 0. The van der Waals surface area contributed by atoms with Crippen LogP contribution >= 0.6 is 0 Å². The normalized spacial score (nSPS) is 16.9. The monoisotopic (exact) mass is 455 g/mol. The van der Waals surface area contributed by atoms with Crippen LogP contribution < -0.4 is 10.6 Å². The maximum absolute atomic E-state index is 13.5. The summed E-state index contributed by atoms with van der Waals surface area (Å²) in [6.45, 7) is 2.71. The highest BCUT2D eigenvalue weighted by molar-refractivity contribution is 5.99. The van der Waals surface area contributed by atoms with Crippen LogP contribution in [0.15, 0.2) is 84.9 Å². The van der Waals surface area contributed by atoms with Gasteiger partial charge in [-0.3, -0.25) is 19.3 Å². The largest absolute Gasteiger partial charge is 0.326 e. The van der Waals surface area contributed by atoms with Crippen molar-refractivity contribution >= 4 is 29.0 Å². The Hall–Kier alpha value is -3.77. The first-order valence-corrected chi connectivity index (χ1v) is 11.6. The van der Waals surface area contributed by atoms with E-state index in [0.717, 1.165) is 30.6 Å². The number of carbonyl (C=O) groups excluding carboxylic acids is 3. The average molecular weight is 456 g/mol. The number of nitrogens with zero attached hydrogens (tertiary/aromatic N) is 1. The highest BCUT2D eigenvalue weighted by Gasteiger charge is 2.34. The minimum absolute atomic E-state index is 0.0303. The van der Waals surface area contributed by atoms with Gasteiger partial charge >= 0.3 is 0 Å². The van der Waals surface area contributed by atoms with Crippen molar-refractivity contribution in [2.75, 3.05) is 23.7 Å². The Kier molecular flexibility index (Phi) is 7.50. The van der Waals surface area contributed by atoms with E-state index in [1.165, 1.54) is 6.92 Å². The summed E-state index contributed by atoms with van der Waals surface area (Å²) >= 11 is 0. The Balaban J connectivity index is 1.53. The molecule has 1 aliphatic heterocycles. The summed E-state index contributed by atoms with van der Waals surface area (Å²) < 4.78 is 0. The fourth-order valence-electron chi connectivity index (χ4n) is 4.41. The molecule has 0 saturated carbocycles. The highest BCUT2D eigenvalue weighted by atomic mass is 16.2. The third-order valence-electron chi connectivity index (χ3n) is 6.13. The molecule has 1 heterocycles. The molecule has 0 radical (unpaired) electrons. The zero-order valence-electron chi connectivity index (χ0n) is 19.2. The molecule has 0 spiro atoms. The van der Waals surface area contributed by atoms with Gasteiger partial charge in [0.25, 0.3) is 0 Å². The number of hydrogen-bond donors (Lipinski definition) is 2. The molecule has 1 saturated heterocycles. The van der Waals surface area contributed by atoms with Crippen LogP contribution in [0.5, 0.6) is 0 Å². The number of nitrogens with one attached hydrogen (secondary N) is 2. The first-order valence-electron chi connectivity index (χ1n) is 11.6. The molecule has 0 aromatic heterocycles. The van der Waals surface area contributed by atoms with Crippen LogP contribution in [-0.4, -0.2) is 35.6 Å². The summed E-state index contributed by atoms with van der Waals surface area (Å²) in [5, 5.41) is 5.98. The zero-order valence-corrected chi connectivity index (χ0v) is 19.2. The van der Waals surface area contributed by atoms with E-state index in [-0.39, 0.29) is 23.5 Å². The number of benzene rings is 3. The molecular weight excluding hydrogens is 426 g/mol. The maximum Gasteiger partial charge on any atom is 0.246 e. The molecule has 2 atom stereocenters. The van der Waals surface area contributed by atoms with Crippen molar-refractivity contribution in [1.29, 1.82) is 0 Å². The summed E-state index contributed by atoms with van der Waals surface area (Å²) in [5.74, 6) is -0.485. The Morgan fingerprint density at radius 3 is 2.24 bits per heavy atom. The number of piperidine rings is 1. The van der Waals surface area contributed by atoms with Crippen molar-refractivity contribution in [1.82, 2.24) is 4.90 Å². The van der Waals surface area contributed by atoms with Gasteiger partial charge in [-0.25, -0.2) is 0 Å². The van der Waals surface area contributed by atoms with Crippen LogP contribution in [0.2, 0.25) is 0 Å². The van der Waals surface area contributed by atoms with Gasteiger partial charge in [0.2, 0.25) is 11.8 Å². The second kappa shape index (κ2) is 10.9. The van der Waals surface area contributed by atoms with E-state index in [9.17, 15) is 14.4 Å². The second-order valence-electron chi connectivity index (χ2n) is 8.63. The van der Waals surface area contributed by atoms with Crippen LogP contribution in [0.1, 0.15) is 41.7 Å². The molecule has 6 heteroatoms. The van der Waals surface area contributed by atoms with Crippen molar-refractivity contribution < 1.29 is 14.4 Å². The van der Waals surface area contributed by atoms with Gasteiger partial charge in [0.05, 0.1) is 5.92 Å². The standard InChI is InChI=1S/C28H29N3O3/c1-20(32)22-12-8-16-25(18-22)30-28(34)26(21-10-4-2-5-11-21)31-17-9-13-23(19-31)27(33)29-24-14-6-3-7-15-24/h2-8,10-12,14-16,18,23,26H,9,13,17,19H2,1H3,(H,29,33)(H,30,34). The molecular formula is C28H29N3O3. The number of Topliss-reactive ketones (excluding diaryl/α,β-unsaturated/α-hetero) is 1. The lowest BCUT2D eigenvalue weighted by atomic mass is 9.93. The van der Waals surface area contributed by atoms with Gasteiger partial charge in [-0.2, -0.15) is 0 Å². The number of carbonyl (C=O) groups is 3. The third kappa shape index (κ3) is 5.77. The van der Waals surface area contributed by atoms with Crippen molar-refractivity contribution in [2.24, 2.45) is 5.92 Å². The Morgan fingerprint density at radius 2 is 1.53 bits per heavy atom. The average Bonchev–Trinajstić information content (AvgIpc) is 2.86. The number of anilines is 2. The first kappa shape index (κ1) is 23.4. The number of para-hydroxylation sites is 1. The molecule has 0 aliphatic carbocycles. The van der Waals surface area contributed by atoms with E-state index >= 15 is 0 Å². The van der Waals surface area contributed by atoms with Gasteiger partial charge in [0, 0.05) is 23.5 Å². The number of amides is 2. The lowest BCUT2D eigenvalue weighted by Gasteiger charge is -2.37. The fraction of sp³-hybridized carbons (Fsp3) is 0.250. The molecule has 6 nitrogen and oxygen atoms in total. The van der Waals surface area contributed by atoms with E-state index < -0.39 is 6.04 Å². The van der Waals surface area contributed by atoms with Crippen LogP contribution in [0, 0.1) is 5.92 Å². The van der Waals surface area contributed by atoms with Crippen LogP contribution in [0.3, 0.4) is 0 Å². The van der Waals surface area contributed by atoms with Crippen molar-refractivity contribution in [3.05, 3.63) is 96.1 Å². The van der Waals surface area contributed by atoms with Crippen molar-refractivity contribution in [2.45, 2.75) is 25.8 Å². The van der Waals surface area contributed by atoms with Crippen molar-refractivity contribution in [3.8, 4) is 0 Å². The smallest absolute Gasteiger partial charge is 0.246 e. The van der Waals surface area contributed by atoms with Gasteiger partial charge in [0.1, 0.15) is 6.04 Å². The summed E-state index contributed by atoms with van der Waals surface area (Å²) in [5.41, 5.74) is 2.76. The third-order valence-corrected chi connectivity index (χ3v) is 6.13. The van der Waals surface area contributed by atoms with E-state index in [4.69, 9.17) is 0 Å². The Bertz CT molecular complexity index is 1150. The van der Waals surface area contributed by atoms with Gasteiger partial charge in [-0.1, -0.05) is 60.7 Å². The summed E-state index contributed by atoms with van der Waals surface area (Å²) in [4.78, 5) is 40.3. The number of ketones is 1. The van der Waals surface area contributed by atoms with Gasteiger partial charge < -0.3 is 10.6 Å². The van der Waals surface area contributed by atoms with Crippen molar-refractivity contribution in [3.63, 3.8) is 0 Å².